The predicted octanol–water partition coefficient (Wildman–Crippen LogP) is 4.53. The first-order chi connectivity index (χ1) is 16.0. The topological polar surface area (TPSA) is 70.7 Å². The van der Waals surface area contributed by atoms with Crippen LogP contribution in [-0.4, -0.2) is 43.1 Å². The number of hydrogen-bond acceptors (Lipinski definition) is 3. The monoisotopic (exact) mass is 465 g/mol. The fourth-order valence-electron chi connectivity index (χ4n) is 4.27. The van der Waals surface area contributed by atoms with Crippen molar-refractivity contribution in [3.05, 3.63) is 76.8 Å². The molecule has 0 aliphatic carbocycles. The van der Waals surface area contributed by atoms with Crippen LogP contribution in [0.3, 0.4) is 0 Å². The number of likely N-dealkylation sites (tertiary alicyclic amines) is 1. The van der Waals surface area contributed by atoms with E-state index in [2.05, 4.69) is 10.6 Å². The van der Waals surface area contributed by atoms with Gasteiger partial charge in [-0.3, -0.25) is 4.79 Å². The fourth-order valence-corrected chi connectivity index (χ4v) is 4.45. The van der Waals surface area contributed by atoms with Gasteiger partial charge >= 0.3 is 6.03 Å². The SMILES string of the molecule is COc1ccc(CCNC(=O)[C@@H]2CCCN2C(=O)NCc2cccc3cc(Cl)ccc23)cc1. The van der Waals surface area contributed by atoms with Crippen LogP contribution in [0.15, 0.2) is 60.7 Å². The summed E-state index contributed by atoms with van der Waals surface area (Å²) in [6.07, 6.45) is 2.21. The summed E-state index contributed by atoms with van der Waals surface area (Å²) < 4.78 is 5.17. The van der Waals surface area contributed by atoms with Crippen LogP contribution in [0.25, 0.3) is 10.8 Å². The summed E-state index contributed by atoms with van der Waals surface area (Å²) in [6.45, 7) is 1.49. The number of halogens is 1. The van der Waals surface area contributed by atoms with E-state index in [1.165, 1.54) is 0 Å². The lowest BCUT2D eigenvalue weighted by atomic mass is 10.0. The van der Waals surface area contributed by atoms with Gasteiger partial charge in [-0.05, 0) is 65.4 Å². The van der Waals surface area contributed by atoms with Gasteiger partial charge in [-0.2, -0.15) is 0 Å². The van der Waals surface area contributed by atoms with E-state index in [-0.39, 0.29) is 11.9 Å². The van der Waals surface area contributed by atoms with Crippen molar-refractivity contribution in [3.63, 3.8) is 0 Å². The summed E-state index contributed by atoms with van der Waals surface area (Å²) in [5, 5.41) is 8.74. The molecule has 0 radical (unpaired) electrons. The summed E-state index contributed by atoms with van der Waals surface area (Å²) in [4.78, 5) is 27.3. The smallest absolute Gasteiger partial charge is 0.318 e. The minimum absolute atomic E-state index is 0.101. The Morgan fingerprint density at radius 3 is 2.70 bits per heavy atom. The molecule has 1 aliphatic heterocycles. The van der Waals surface area contributed by atoms with Crippen molar-refractivity contribution in [2.24, 2.45) is 0 Å². The van der Waals surface area contributed by atoms with Crippen molar-refractivity contribution >= 4 is 34.3 Å². The second-order valence-electron chi connectivity index (χ2n) is 8.18. The van der Waals surface area contributed by atoms with E-state index >= 15 is 0 Å². The van der Waals surface area contributed by atoms with E-state index in [0.29, 0.717) is 31.1 Å². The molecule has 6 nitrogen and oxygen atoms in total. The zero-order valence-electron chi connectivity index (χ0n) is 18.6. The molecule has 1 saturated heterocycles. The van der Waals surface area contributed by atoms with E-state index in [4.69, 9.17) is 16.3 Å². The molecule has 1 atom stereocenters. The molecule has 3 aromatic rings. The lowest BCUT2D eigenvalue weighted by Crippen LogP contribution is -2.49. The van der Waals surface area contributed by atoms with Crippen molar-refractivity contribution in [2.75, 3.05) is 20.2 Å². The number of rotatable bonds is 7. The third-order valence-corrected chi connectivity index (χ3v) is 6.29. The number of benzene rings is 3. The summed E-state index contributed by atoms with van der Waals surface area (Å²) in [5.41, 5.74) is 2.13. The molecular weight excluding hydrogens is 438 g/mol. The van der Waals surface area contributed by atoms with Crippen LogP contribution in [-0.2, 0) is 17.8 Å². The number of fused-ring (bicyclic) bond motifs is 1. The maximum absolute atomic E-state index is 12.9. The molecule has 172 valence electrons. The van der Waals surface area contributed by atoms with Gasteiger partial charge in [0, 0.05) is 24.7 Å². The van der Waals surface area contributed by atoms with E-state index in [0.717, 1.165) is 40.5 Å². The Balaban J connectivity index is 1.31. The highest BCUT2D eigenvalue weighted by molar-refractivity contribution is 6.31. The molecule has 1 heterocycles. The van der Waals surface area contributed by atoms with Crippen LogP contribution >= 0.6 is 11.6 Å². The third kappa shape index (κ3) is 5.57. The van der Waals surface area contributed by atoms with E-state index in [1.807, 2.05) is 60.7 Å². The van der Waals surface area contributed by atoms with Gasteiger partial charge in [0.25, 0.3) is 0 Å². The predicted molar refractivity (Wildman–Crippen MR) is 131 cm³/mol. The maximum Gasteiger partial charge on any atom is 0.318 e. The third-order valence-electron chi connectivity index (χ3n) is 6.05. The average molecular weight is 466 g/mol. The highest BCUT2D eigenvalue weighted by Gasteiger charge is 2.33. The quantitative estimate of drug-likeness (QED) is 0.538. The van der Waals surface area contributed by atoms with Crippen molar-refractivity contribution in [2.45, 2.75) is 31.8 Å². The second kappa shape index (κ2) is 10.6. The largest absolute Gasteiger partial charge is 0.497 e. The molecule has 3 aromatic carbocycles. The van der Waals surface area contributed by atoms with Gasteiger partial charge in [-0.25, -0.2) is 4.79 Å². The van der Waals surface area contributed by atoms with Crippen LogP contribution in [0.2, 0.25) is 5.02 Å². The van der Waals surface area contributed by atoms with Crippen LogP contribution in [0.5, 0.6) is 5.75 Å². The summed E-state index contributed by atoms with van der Waals surface area (Å²) in [7, 11) is 1.64. The molecule has 0 spiro atoms. The summed E-state index contributed by atoms with van der Waals surface area (Å²) >= 11 is 6.09. The second-order valence-corrected chi connectivity index (χ2v) is 8.62. The number of carbonyl (C=O) groups excluding carboxylic acids is 2. The molecule has 2 N–H and O–H groups in total. The average Bonchev–Trinajstić information content (AvgIpc) is 3.33. The lowest BCUT2D eigenvalue weighted by molar-refractivity contribution is -0.124. The molecule has 0 saturated carbocycles. The molecule has 1 aliphatic rings. The fraction of sp³-hybridized carbons (Fsp3) is 0.308. The van der Waals surface area contributed by atoms with Gasteiger partial charge in [-0.15, -0.1) is 0 Å². The number of methoxy groups -OCH3 is 1. The molecule has 0 unspecified atom stereocenters. The number of nitrogens with zero attached hydrogens (tertiary/aromatic N) is 1. The molecule has 33 heavy (non-hydrogen) atoms. The van der Waals surface area contributed by atoms with Gasteiger partial charge in [0.1, 0.15) is 11.8 Å². The Morgan fingerprint density at radius 1 is 1.09 bits per heavy atom. The molecule has 4 rings (SSSR count). The molecule has 3 amide bonds. The van der Waals surface area contributed by atoms with E-state index in [1.54, 1.807) is 12.0 Å². The van der Waals surface area contributed by atoms with Crippen LogP contribution in [0.1, 0.15) is 24.0 Å². The number of ether oxygens (including phenoxy) is 1. The van der Waals surface area contributed by atoms with Gasteiger partial charge < -0.3 is 20.3 Å². The van der Waals surface area contributed by atoms with Crippen molar-refractivity contribution < 1.29 is 14.3 Å². The molecule has 0 aromatic heterocycles. The molecule has 0 bridgehead atoms. The van der Waals surface area contributed by atoms with Crippen molar-refractivity contribution in [1.29, 1.82) is 0 Å². The number of urea groups is 1. The Kier molecular flexibility index (Phi) is 7.35. The van der Waals surface area contributed by atoms with Crippen LogP contribution in [0, 0.1) is 0 Å². The number of carbonyl (C=O) groups is 2. The molecule has 7 heteroatoms. The van der Waals surface area contributed by atoms with Gasteiger partial charge in [0.05, 0.1) is 7.11 Å². The highest BCUT2D eigenvalue weighted by atomic mass is 35.5. The summed E-state index contributed by atoms with van der Waals surface area (Å²) in [6, 6.07) is 18.8. The van der Waals surface area contributed by atoms with E-state index in [9.17, 15) is 9.59 Å². The first kappa shape index (κ1) is 22.9. The first-order valence-electron chi connectivity index (χ1n) is 11.2. The Bertz CT molecular complexity index is 1130. The van der Waals surface area contributed by atoms with Gasteiger partial charge in [-0.1, -0.05) is 48.0 Å². The van der Waals surface area contributed by atoms with E-state index < -0.39 is 6.04 Å². The number of hydrogen-bond donors (Lipinski definition) is 2. The zero-order chi connectivity index (χ0) is 23.2. The highest BCUT2D eigenvalue weighted by Crippen LogP contribution is 2.23. The minimum atomic E-state index is -0.438. The number of amides is 3. The van der Waals surface area contributed by atoms with Crippen molar-refractivity contribution in [3.8, 4) is 5.75 Å². The Morgan fingerprint density at radius 2 is 1.91 bits per heavy atom. The van der Waals surface area contributed by atoms with Gasteiger partial charge in [0.2, 0.25) is 5.91 Å². The minimum Gasteiger partial charge on any atom is -0.497 e. The van der Waals surface area contributed by atoms with Crippen LogP contribution < -0.4 is 15.4 Å². The summed E-state index contributed by atoms with van der Waals surface area (Å²) in [5.74, 6) is 0.707. The van der Waals surface area contributed by atoms with Crippen LogP contribution in [0.4, 0.5) is 4.79 Å². The van der Waals surface area contributed by atoms with Crippen molar-refractivity contribution in [1.82, 2.24) is 15.5 Å². The lowest BCUT2D eigenvalue weighted by Gasteiger charge is -2.24. The standard InChI is InChI=1S/C26H28ClN3O3/c1-33-22-10-7-18(8-11-22)13-14-28-25(31)24-6-3-15-30(24)26(32)29-17-20-5-2-4-19-16-21(27)9-12-23(19)20/h2,4-5,7-12,16,24H,3,6,13-15,17H2,1H3,(H,28,31)(H,29,32)/t24-/m0/s1. The first-order valence-corrected chi connectivity index (χ1v) is 11.6. The molecule has 1 fully saturated rings. The van der Waals surface area contributed by atoms with Gasteiger partial charge in [0.15, 0.2) is 0 Å². The Labute approximate surface area is 198 Å². The zero-order valence-corrected chi connectivity index (χ0v) is 19.4. The maximum atomic E-state index is 12.9. The Hall–Kier alpha value is -3.25. The molecular formula is C26H28ClN3O3. The normalized spacial score (nSPS) is 15.5. The number of nitrogens with one attached hydrogen (secondary N) is 2.